The highest BCUT2D eigenvalue weighted by Gasteiger charge is 2.28. The van der Waals surface area contributed by atoms with Crippen molar-refractivity contribution in [3.05, 3.63) is 94.8 Å². The third kappa shape index (κ3) is 4.21. The molecule has 1 aromatic heterocycles. The van der Waals surface area contributed by atoms with Crippen LogP contribution in [-0.2, 0) is 6.61 Å². The van der Waals surface area contributed by atoms with E-state index >= 15 is 0 Å². The van der Waals surface area contributed by atoms with Crippen molar-refractivity contribution in [2.75, 3.05) is 13.1 Å². The minimum absolute atomic E-state index is 0.0178. The van der Waals surface area contributed by atoms with Gasteiger partial charge in [0, 0.05) is 29.6 Å². The smallest absolute Gasteiger partial charge is 0.257 e. The van der Waals surface area contributed by atoms with E-state index in [0.29, 0.717) is 36.0 Å². The van der Waals surface area contributed by atoms with Crippen molar-refractivity contribution in [3.63, 3.8) is 0 Å². The lowest BCUT2D eigenvalue weighted by atomic mass is 9.96. The highest BCUT2D eigenvalue weighted by atomic mass is 35.5. The minimum atomic E-state index is -0.0178. The Bertz CT molecular complexity index is 1210. The van der Waals surface area contributed by atoms with Gasteiger partial charge in [-0.05, 0) is 43.2 Å². The van der Waals surface area contributed by atoms with E-state index in [2.05, 4.69) is 4.98 Å². The predicted molar refractivity (Wildman–Crippen MR) is 124 cm³/mol. The molecule has 0 atom stereocenters. The number of para-hydroxylation sites is 3. The lowest BCUT2D eigenvalue weighted by Crippen LogP contribution is -2.38. The van der Waals surface area contributed by atoms with Gasteiger partial charge in [0.15, 0.2) is 11.5 Å². The summed E-state index contributed by atoms with van der Waals surface area (Å²) in [5, 5.41) is 0.651. The molecule has 2 heterocycles. The zero-order valence-corrected chi connectivity index (χ0v) is 18.3. The number of piperidine rings is 1. The number of nitrogens with zero attached hydrogens (tertiary/aromatic N) is 2. The SMILES string of the molecule is O=C(c1ccccc1OCc1ccccc1Cl)N1CCC(c2nc3ccccc3o2)CC1. The maximum Gasteiger partial charge on any atom is 0.257 e. The summed E-state index contributed by atoms with van der Waals surface area (Å²) in [6.07, 6.45) is 1.64. The van der Waals surface area contributed by atoms with Gasteiger partial charge in [-0.2, -0.15) is 0 Å². The molecule has 0 bridgehead atoms. The fraction of sp³-hybridized carbons (Fsp3) is 0.231. The Kier molecular flexibility index (Phi) is 5.82. The maximum absolute atomic E-state index is 13.3. The molecular weight excluding hydrogens is 424 g/mol. The van der Waals surface area contributed by atoms with Gasteiger partial charge in [0.25, 0.3) is 5.91 Å². The van der Waals surface area contributed by atoms with Crippen molar-refractivity contribution in [1.82, 2.24) is 9.88 Å². The first kappa shape index (κ1) is 20.6. The van der Waals surface area contributed by atoms with Gasteiger partial charge in [0.05, 0.1) is 5.56 Å². The third-order valence-corrected chi connectivity index (χ3v) is 6.27. The first-order valence-corrected chi connectivity index (χ1v) is 11.2. The van der Waals surface area contributed by atoms with Crippen LogP contribution in [0.25, 0.3) is 11.1 Å². The monoisotopic (exact) mass is 446 g/mol. The molecule has 0 spiro atoms. The summed E-state index contributed by atoms with van der Waals surface area (Å²) in [4.78, 5) is 19.8. The lowest BCUT2D eigenvalue weighted by Gasteiger charge is -2.31. The molecule has 0 radical (unpaired) electrons. The Hall–Kier alpha value is -3.31. The number of hydrogen-bond donors (Lipinski definition) is 0. The standard InChI is InChI=1S/C26H23ClN2O3/c27-21-9-3-1-7-19(21)17-31-23-11-5-2-8-20(23)26(30)29-15-13-18(14-16-29)25-28-22-10-4-6-12-24(22)32-25/h1-12,18H,13-17H2. The van der Waals surface area contributed by atoms with Gasteiger partial charge < -0.3 is 14.1 Å². The molecule has 162 valence electrons. The summed E-state index contributed by atoms with van der Waals surface area (Å²) in [5.74, 6) is 1.54. The van der Waals surface area contributed by atoms with Gasteiger partial charge in [-0.25, -0.2) is 4.98 Å². The molecule has 0 unspecified atom stereocenters. The number of benzene rings is 3. The largest absolute Gasteiger partial charge is 0.488 e. The number of rotatable bonds is 5. The second-order valence-electron chi connectivity index (χ2n) is 7.96. The molecule has 4 aromatic rings. The molecule has 0 saturated carbocycles. The van der Waals surface area contributed by atoms with Crippen molar-refractivity contribution in [1.29, 1.82) is 0 Å². The fourth-order valence-corrected chi connectivity index (χ4v) is 4.29. The predicted octanol–water partition coefficient (Wildman–Crippen LogP) is 6.08. The van der Waals surface area contributed by atoms with E-state index in [9.17, 15) is 4.79 Å². The normalized spacial score (nSPS) is 14.6. The number of aromatic nitrogens is 1. The quantitative estimate of drug-likeness (QED) is 0.372. The minimum Gasteiger partial charge on any atom is -0.488 e. The molecule has 5 rings (SSSR count). The Labute approximate surface area is 191 Å². The highest BCUT2D eigenvalue weighted by molar-refractivity contribution is 6.31. The molecule has 6 heteroatoms. The number of halogens is 1. The van der Waals surface area contributed by atoms with Crippen LogP contribution in [0.2, 0.25) is 5.02 Å². The molecular formula is C26H23ClN2O3. The van der Waals surface area contributed by atoms with Crippen LogP contribution in [0.15, 0.2) is 77.2 Å². The number of hydrogen-bond acceptors (Lipinski definition) is 4. The maximum atomic E-state index is 13.3. The van der Waals surface area contributed by atoms with Crippen LogP contribution in [0.4, 0.5) is 0 Å². The van der Waals surface area contributed by atoms with Crippen molar-refractivity contribution in [3.8, 4) is 5.75 Å². The summed E-state index contributed by atoms with van der Waals surface area (Å²) in [5.41, 5.74) is 3.15. The van der Waals surface area contributed by atoms with Crippen LogP contribution < -0.4 is 4.74 Å². The molecule has 32 heavy (non-hydrogen) atoms. The molecule has 1 aliphatic rings. The van der Waals surface area contributed by atoms with Gasteiger partial charge in [-0.15, -0.1) is 0 Å². The van der Waals surface area contributed by atoms with E-state index in [-0.39, 0.29) is 11.8 Å². The van der Waals surface area contributed by atoms with Crippen molar-refractivity contribution < 1.29 is 13.9 Å². The number of amides is 1. The van der Waals surface area contributed by atoms with Gasteiger partial charge in [-0.1, -0.05) is 54.1 Å². The van der Waals surface area contributed by atoms with E-state index in [4.69, 9.17) is 20.8 Å². The van der Waals surface area contributed by atoms with Crippen LogP contribution in [-0.4, -0.2) is 28.9 Å². The van der Waals surface area contributed by atoms with Gasteiger partial charge in [0.2, 0.25) is 0 Å². The molecule has 0 aliphatic carbocycles. The van der Waals surface area contributed by atoms with Gasteiger partial charge in [0.1, 0.15) is 17.9 Å². The molecule has 1 fully saturated rings. The summed E-state index contributed by atoms with van der Waals surface area (Å²) >= 11 is 6.24. The Balaban J connectivity index is 1.26. The Morgan fingerprint density at radius 2 is 1.72 bits per heavy atom. The van der Waals surface area contributed by atoms with E-state index in [1.165, 1.54) is 0 Å². The van der Waals surface area contributed by atoms with Crippen LogP contribution in [0, 0.1) is 0 Å². The van der Waals surface area contributed by atoms with Gasteiger partial charge >= 0.3 is 0 Å². The zero-order valence-electron chi connectivity index (χ0n) is 17.5. The van der Waals surface area contributed by atoms with Crippen molar-refractivity contribution in [2.24, 2.45) is 0 Å². The average molecular weight is 447 g/mol. The van der Waals surface area contributed by atoms with Crippen LogP contribution in [0.5, 0.6) is 5.75 Å². The lowest BCUT2D eigenvalue weighted by molar-refractivity contribution is 0.0702. The summed E-state index contributed by atoms with van der Waals surface area (Å²) in [7, 11) is 0. The first-order chi connectivity index (χ1) is 15.7. The number of likely N-dealkylation sites (tertiary alicyclic amines) is 1. The summed E-state index contributed by atoms with van der Waals surface area (Å²) in [6.45, 7) is 1.62. The topological polar surface area (TPSA) is 55.6 Å². The average Bonchev–Trinajstić information content (AvgIpc) is 3.28. The van der Waals surface area contributed by atoms with Crippen molar-refractivity contribution >= 4 is 28.6 Å². The molecule has 1 amide bonds. The second-order valence-corrected chi connectivity index (χ2v) is 8.37. The fourth-order valence-electron chi connectivity index (χ4n) is 4.10. The number of carbonyl (C=O) groups is 1. The molecule has 1 aliphatic heterocycles. The Morgan fingerprint density at radius 3 is 2.53 bits per heavy atom. The number of oxazole rings is 1. The Morgan fingerprint density at radius 1 is 1.00 bits per heavy atom. The number of carbonyl (C=O) groups excluding carboxylic acids is 1. The van der Waals surface area contributed by atoms with Crippen LogP contribution >= 0.6 is 11.6 Å². The van der Waals surface area contributed by atoms with E-state index < -0.39 is 0 Å². The first-order valence-electron chi connectivity index (χ1n) is 10.8. The number of ether oxygens (including phenoxy) is 1. The summed E-state index contributed by atoms with van der Waals surface area (Å²) in [6, 6.07) is 22.7. The van der Waals surface area contributed by atoms with Gasteiger partial charge in [-0.3, -0.25) is 4.79 Å². The summed E-state index contributed by atoms with van der Waals surface area (Å²) < 4.78 is 11.9. The van der Waals surface area contributed by atoms with E-state index in [0.717, 1.165) is 35.4 Å². The zero-order chi connectivity index (χ0) is 21.9. The van der Waals surface area contributed by atoms with Crippen LogP contribution in [0.3, 0.4) is 0 Å². The van der Waals surface area contributed by atoms with Crippen LogP contribution in [0.1, 0.15) is 40.6 Å². The third-order valence-electron chi connectivity index (χ3n) is 5.90. The van der Waals surface area contributed by atoms with Crippen molar-refractivity contribution in [2.45, 2.75) is 25.4 Å². The molecule has 0 N–H and O–H groups in total. The molecule has 5 nitrogen and oxygen atoms in total. The number of fused-ring (bicyclic) bond motifs is 1. The highest BCUT2D eigenvalue weighted by Crippen LogP contribution is 2.31. The van der Waals surface area contributed by atoms with E-state index in [1.54, 1.807) is 0 Å². The molecule has 1 saturated heterocycles. The second kappa shape index (κ2) is 9.05. The molecule has 3 aromatic carbocycles. The van der Waals surface area contributed by atoms with E-state index in [1.807, 2.05) is 77.7 Å².